The first kappa shape index (κ1) is 16.8. The molecule has 0 saturated carbocycles. The minimum absolute atomic E-state index is 0.108. The monoisotopic (exact) mass is 304 g/mol. The maximum atomic E-state index is 12.8. The van der Waals surface area contributed by atoms with Crippen molar-refractivity contribution in [3.63, 3.8) is 0 Å². The zero-order valence-corrected chi connectivity index (χ0v) is 13.8. The SMILES string of the molecule is C=CCCOC(C)C(=O)N1CCCCCC1c1cccn1C. The Labute approximate surface area is 133 Å². The van der Waals surface area contributed by atoms with Crippen molar-refractivity contribution in [3.05, 3.63) is 36.7 Å². The Morgan fingerprint density at radius 2 is 2.32 bits per heavy atom. The number of nitrogens with zero attached hydrogens (tertiary/aromatic N) is 2. The normalized spacial score (nSPS) is 20.5. The summed E-state index contributed by atoms with van der Waals surface area (Å²) >= 11 is 0. The van der Waals surface area contributed by atoms with Gasteiger partial charge >= 0.3 is 0 Å². The van der Waals surface area contributed by atoms with Crippen molar-refractivity contribution in [2.75, 3.05) is 13.2 Å². The average Bonchev–Trinajstić information content (AvgIpc) is 2.79. The predicted molar refractivity (Wildman–Crippen MR) is 88.6 cm³/mol. The third-order valence-corrected chi connectivity index (χ3v) is 4.40. The summed E-state index contributed by atoms with van der Waals surface area (Å²) in [6.07, 6.45) is 8.72. The van der Waals surface area contributed by atoms with Crippen molar-refractivity contribution in [3.8, 4) is 0 Å². The smallest absolute Gasteiger partial charge is 0.251 e. The van der Waals surface area contributed by atoms with E-state index in [1.54, 1.807) is 0 Å². The van der Waals surface area contributed by atoms with E-state index in [-0.39, 0.29) is 18.1 Å². The molecule has 0 aromatic carbocycles. The molecule has 0 bridgehead atoms. The van der Waals surface area contributed by atoms with Crippen molar-refractivity contribution < 1.29 is 9.53 Å². The minimum atomic E-state index is -0.388. The van der Waals surface area contributed by atoms with Crippen LogP contribution in [0.1, 0.15) is 50.8 Å². The highest BCUT2D eigenvalue weighted by atomic mass is 16.5. The molecule has 0 radical (unpaired) electrons. The van der Waals surface area contributed by atoms with Gasteiger partial charge in [-0.3, -0.25) is 4.79 Å². The number of amides is 1. The van der Waals surface area contributed by atoms with Crippen molar-refractivity contribution in [2.45, 2.75) is 51.2 Å². The molecule has 1 amide bonds. The number of rotatable bonds is 6. The third-order valence-electron chi connectivity index (χ3n) is 4.40. The highest BCUT2D eigenvalue weighted by Gasteiger charge is 2.31. The molecule has 2 unspecified atom stereocenters. The molecule has 1 aromatic heterocycles. The fraction of sp³-hybridized carbons (Fsp3) is 0.611. The first-order valence-corrected chi connectivity index (χ1v) is 8.29. The van der Waals surface area contributed by atoms with Gasteiger partial charge in [0.2, 0.25) is 0 Å². The summed E-state index contributed by atoms with van der Waals surface area (Å²) < 4.78 is 7.79. The van der Waals surface area contributed by atoms with Gasteiger partial charge in [-0.1, -0.05) is 18.9 Å². The summed E-state index contributed by atoms with van der Waals surface area (Å²) in [4.78, 5) is 14.9. The molecule has 22 heavy (non-hydrogen) atoms. The van der Waals surface area contributed by atoms with Crippen LogP contribution in [0.15, 0.2) is 31.0 Å². The fourth-order valence-electron chi connectivity index (χ4n) is 3.13. The van der Waals surface area contributed by atoms with Crippen LogP contribution in [0.5, 0.6) is 0 Å². The molecule has 1 saturated heterocycles. The summed E-state index contributed by atoms with van der Waals surface area (Å²) in [7, 11) is 2.05. The predicted octanol–water partition coefficient (Wildman–Crippen LogP) is 3.45. The molecule has 0 N–H and O–H groups in total. The number of carbonyl (C=O) groups is 1. The van der Waals surface area contributed by atoms with Crippen LogP contribution >= 0.6 is 0 Å². The Kier molecular flexibility index (Phi) is 6.25. The summed E-state index contributed by atoms with van der Waals surface area (Å²) in [6, 6.07) is 4.34. The molecule has 2 atom stereocenters. The Hall–Kier alpha value is -1.55. The Balaban J connectivity index is 2.11. The maximum Gasteiger partial charge on any atom is 0.251 e. The Morgan fingerprint density at radius 1 is 1.50 bits per heavy atom. The van der Waals surface area contributed by atoms with Crippen LogP contribution in [0.3, 0.4) is 0 Å². The van der Waals surface area contributed by atoms with Gasteiger partial charge in [-0.2, -0.15) is 0 Å². The fourth-order valence-corrected chi connectivity index (χ4v) is 3.13. The van der Waals surface area contributed by atoms with Crippen molar-refractivity contribution >= 4 is 5.91 Å². The van der Waals surface area contributed by atoms with Crippen molar-refractivity contribution in [1.82, 2.24) is 9.47 Å². The number of aryl methyl sites for hydroxylation is 1. The number of carbonyl (C=O) groups excluding carboxylic acids is 1. The van der Waals surface area contributed by atoms with E-state index in [2.05, 4.69) is 17.2 Å². The number of aromatic nitrogens is 1. The highest BCUT2D eigenvalue weighted by molar-refractivity contribution is 5.81. The van der Waals surface area contributed by atoms with Gasteiger partial charge < -0.3 is 14.2 Å². The highest BCUT2D eigenvalue weighted by Crippen LogP contribution is 2.30. The third kappa shape index (κ3) is 4.01. The van der Waals surface area contributed by atoms with Gasteiger partial charge in [-0.25, -0.2) is 0 Å². The van der Waals surface area contributed by atoms with Gasteiger partial charge in [0, 0.05) is 25.5 Å². The summed E-state index contributed by atoms with van der Waals surface area (Å²) in [5.41, 5.74) is 1.22. The molecular formula is C18H28N2O2. The molecule has 122 valence electrons. The molecule has 1 aromatic rings. The van der Waals surface area contributed by atoms with E-state index in [4.69, 9.17) is 4.74 Å². The summed E-state index contributed by atoms with van der Waals surface area (Å²) in [5, 5.41) is 0. The second kappa shape index (κ2) is 8.18. The number of likely N-dealkylation sites (tertiary alicyclic amines) is 1. The van der Waals surface area contributed by atoms with E-state index >= 15 is 0 Å². The standard InChI is InChI=1S/C18H28N2O2/c1-4-5-14-22-15(2)18(21)20-13-8-6-7-10-17(20)16-11-9-12-19(16)3/h4,9,11-12,15,17H,1,5-8,10,13-14H2,2-3H3. The number of hydrogen-bond donors (Lipinski definition) is 0. The molecule has 0 aliphatic carbocycles. The molecule has 1 aliphatic heterocycles. The first-order chi connectivity index (χ1) is 10.6. The molecule has 4 nitrogen and oxygen atoms in total. The first-order valence-electron chi connectivity index (χ1n) is 8.29. The quantitative estimate of drug-likeness (QED) is 0.596. The summed E-state index contributed by atoms with van der Waals surface area (Å²) in [5.74, 6) is 0.108. The van der Waals surface area contributed by atoms with Crippen LogP contribution < -0.4 is 0 Å². The van der Waals surface area contributed by atoms with Crippen LogP contribution in [-0.4, -0.2) is 34.6 Å². The lowest BCUT2D eigenvalue weighted by Crippen LogP contribution is -2.42. The van der Waals surface area contributed by atoms with E-state index in [0.29, 0.717) is 6.61 Å². The van der Waals surface area contributed by atoms with Crippen LogP contribution in [0.4, 0.5) is 0 Å². The van der Waals surface area contributed by atoms with Gasteiger partial charge in [0.05, 0.1) is 12.6 Å². The van der Waals surface area contributed by atoms with E-state index in [9.17, 15) is 4.79 Å². The van der Waals surface area contributed by atoms with Gasteiger partial charge in [0.15, 0.2) is 0 Å². The number of ether oxygens (including phenoxy) is 1. The van der Waals surface area contributed by atoms with Gasteiger partial charge in [0.25, 0.3) is 5.91 Å². The van der Waals surface area contributed by atoms with E-state index in [0.717, 1.165) is 25.8 Å². The zero-order valence-electron chi connectivity index (χ0n) is 13.8. The van der Waals surface area contributed by atoms with E-state index in [1.165, 1.54) is 18.5 Å². The molecule has 1 aliphatic rings. The number of hydrogen-bond acceptors (Lipinski definition) is 2. The van der Waals surface area contributed by atoms with Gasteiger partial charge in [-0.05, 0) is 38.3 Å². The topological polar surface area (TPSA) is 34.5 Å². The zero-order chi connectivity index (χ0) is 15.9. The van der Waals surface area contributed by atoms with Gasteiger partial charge in [0.1, 0.15) is 6.10 Å². The van der Waals surface area contributed by atoms with Crippen LogP contribution in [0.2, 0.25) is 0 Å². The molecule has 2 heterocycles. The van der Waals surface area contributed by atoms with Crippen LogP contribution in [0.25, 0.3) is 0 Å². The molecule has 0 spiro atoms. The Bertz CT molecular complexity index is 495. The second-order valence-corrected chi connectivity index (χ2v) is 6.03. The minimum Gasteiger partial charge on any atom is -0.368 e. The lowest BCUT2D eigenvalue weighted by molar-refractivity contribution is -0.145. The Morgan fingerprint density at radius 3 is 3.00 bits per heavy atom. The largest absolute Gasteiger partial charge is 0.368 e. The van der Waals surface area contributed by atoms with Crippen molar-refractivity contribution in [1.29, 1.82) is 0 Å². The summed E-state index contributed by atoms with van der Waals surface area (Å²) in [6.45, 7) is 6.92. The van der Waals surface area contributed by atoms with Crippen LogP contribution in [0, 0.1) is 0 Å². The van der Waals surface area contributed by atoms with Gasteiger partial charge in [-0.15, -0.1) is 6.58 Å². The average molecular weight is 304 g/mol. The molecular weight excluding hydrogens is 276 g/mol. The lowest BCUT2D eigenvalue weighted by atomic mass is 10.1. The lowest BCUT2D eigenvalue weighted by Gasteiger charge is -2.32. The van der Waals surface area contributed by atoms with E-state index < -0.39 is 0 Å². The molecule has 1 fully saturated rings. The van der Waals surface area contributed by atoms with E-state index in [1.807, 2.05) is 37.2 Å². The maximum absolute atomic E-state index is 12.8. The molecule has 2 rings (SSSR count). The molecule has 4 heteroatoms. The second-order valence-electron chi connectivity index (χ2n) is 6.03. The van der Waals surface area contributed by atoms with Crippen molar-refractivity contribution in [2.24, 2.45) is 7.05 Å². The van der Waals surface area contributed by atoms with Crippen LogP contribution in [-0.2, 0) is 16.6 Å².